The molecule has 0 saturated carbocycles. The van der Waals surface area contributed by atoms with Gasteiger partial charge in [0.05, 0.1) is 24.4 Å². The summed E-state index contributed by atoms with van der Waals surface area (Å²) in [6.45, 7) is 1.81. The number of sulfone groups is 1. The molecule has 0 radical (unpaired) electrons. The molecule has 0 aliphatic carbocycles. The number of ether oxygens (including phenoxy) is 1. The van der Waals surface area contributed by atoms with Gasteiger partial charge in [-0.15, -0.1) is 0 Å². The first-order chi connectivity index (χ1) is 18.0. The van der Waals surface area contributed by atoms with Crippen LogP contribution in [0, 0.1) is 0 Å². The molecule has 3 atom stereocenters. The van der Waals surface area contributed by atoms with Crippen molar-refractivity contribution in [2.75, 3.05) is 26.0 Å². The van der Waals surface area contributed by atoms with E-state index in [0.717, 1.165) is 17.4 Å². The van der Waals surface area contributed by atoms with Crippen LogP contribution in [0.25, 0.3) is 0 Å². The van der Waals surface area contributed by atoms with Crippen molar-refractivity contribution >= 4 is 33.4 Å². The van der Waals surface area contributed by atoms with E-state index in [1.165, 1.54) is 18.2 Å². The quantitative estimate of drug-likeness (QED) is 0.464. The molecular formula is C25H31N3O9S. The molecule has 2 aliphatic rings. The van der Waals surface area contributed by atoms with Crippen molar-refractivity contribution in [3.05, 3.63) is 53.8 Å². The summed E-state index contributed by atoms with van der Waals surface area (Å²) in [5, 5.41) is 11.7. The van der Waals surface area contributed by atoms with E-state index in [9.17, 15) is 32.7 Å². The summed E-state index contributed by atoms with van der Waals surface area (Å²) in [5.74, 6) is -2.43. The largest absolute Gasteiger partial charge is 0.464 e. The highest BCUT2D eigenvalue weighted by molar-refractivity contribution is 7.91. The van der Waals surface area contributed by atoms with E-state index in [-0.39, 0.29) is 68.7 Å². The van der Waals surface area contributed by atoms with Crippen molar-refractivity contribution in [2.24, 2.45) is 0 Å². The standard InChI is InChI=1S/C25H31N3O9S/c1-16-6-5-9-26-21(31)7-3-4-11-36-25(33)23-20(38(2,34)35)8-10-28(23)24(32)19-15-37-22(27-19)14-18(30)13-17(29)12-16/h3,5-7,12,15,17,20,23,29H,4,8-11,13-14H2,1-2H3,(H,26,31)/b6-5+,7-3+,16-12+. The van der Waals surface area contributed by atoms with E-state index in [2.05, 4.69) is 10.3 Å². The van der Waals surface area contributed by atoms with Gasteiger partial charge in [-0.1, -0.05) is 29.9 Å². The first-order valence-corrected chi connectivity index (χ1v) is 14.0. The van der Waals surface area contributed by atoms with Crippen LogP contribution in [0.1, 0.15) is 42.6 Å². The number of esters is 1. The molecule has 1 saturated heterocycles. The number of rotatable bonds is 1. The average molecular weight is 550 g/mol. The van der Waals surface area contributed by atoms with Gasteiger partial charge in [0, 0.05) is 32.2 Å². The number of Topliss-reactive ketones (excluding diaryl/α,β-unsaturated/α-hetero) is 1. The molecule has 1 aromatic rings. The fraction of sp³-hybridized carbons (Fsp3) is 0.480. The third-order valence-electron chi connectivity index (χ3n) is 5.98. The molecule has 3 rings (SSSR count). The number of aliphatic hydroxyl groups is 1. The highest BCUT2D eigenvalue weighted by Gasteiger charge is 2.48. The first kappa shape index (κ1) is 29.0. The molecule has 38 heavy (non-hydrogen) atoms. The predicted octanol–water partition coefficient (Wildman–Crippen LogP) is 0.287. The van der Waals surface area contributed by atoms with E-state index >= 15 is 0 Å². The number of allylic oxidation sites excluding steroid dienone is 2. The fourth-order valence-corrected chi connectivity index (χ4v) is 5.48. The second-order valence-electron chi connectivity index (χ2n) is 9.13. The number of ketones is 1. The Bertz CT molecular complexity index is 1260. The molecule has 2 bridgehead atoms. The van der Waals surface area contributed by atoms with Crippen molar-refractivity contribution in [3.63, 3.8) is 0 Å². The van der Waals surface area contributed by atoms with Crippen molar-refractivity contribution in [1.82, 2.24) is 15.2 Å². The lowest BCUT2D eigenvalue weighted by atomic mass is 10.1. The Kier molecular flexibility index (Phi) is 9.75. The number of hydrogen-bond acceptors (Lipinski definition) is 10. The average Bonchev–Trinajstić information content (AvgIpc) is 3.47. The van der Waals surface area contributed by atoms with Gasteiger partial charge in [-0.05, 0) is 19.4 Å². The van der Waals surface area contributed by atoms with Crippen molar-refractivity contribution < 1.29 is 41.9 Å². The molecule has 2 N–H and O–H groups in total. The number of cyclic esters (lactones) is 1. The van der Waals surface area contributed by atoms with Crippen LogP contribution in [0.15, 0.2) is 46.6 Å². The lowest BCUT2D eigenvalue weighted by molar-refractivity contribution is -0.147. The number of carbonyl (C=O) groups is 4. The molecular weight excluding hydrogens is 518 g/mol. The van der Waals surface area contributed by atoms with Gasteiger partial charge in [0.15, 0.2) is 15.5 Å². The molecule has 2 amide bonds. The summed E-state index contributed by atoms with van der Waals surface area (Å²) < 4.78 is 35.2. The Balaban J connectivity index is 1.85. The fourth-order valence-electron chi connectivity index (χ4n) is 4.22. The molecule has 0 spiro atoms. The minimum Gasteiger partial charge on any atom is -0.464 e. The second kappa shape index (κ2) is 12.8. The molecule has 2 aliphatic heterocycles. The summed E-state index contributed by atoms with van der Waals surface area (Å²) in [6.07, 6.45) is 8.36. The molecule has 12 nitrogen and oxygen atoms in total. The van der Waals surface area contributed by atoms with Crippen LogP contribution in [0.4, 0.5) is 0 Å². The minimum atomic E-state index is -3.71. The zero-order valence-electron chi connectivity index (χ0n) is 21.2. The zero-order valence-corrected chi connectivity index (χ0v) is 22.0. The SMILES string of the molecule is CC1=C\C(O)CC(=O)Cc2nc(co2)C(=O)N2CCC(S(C)(=O)=O)C2C(=O)OCC/C=C/C(=O)NC\C=C\1. The maximum absolute atomic E-state index is 13.2. The minimum absolute atomic E-state index is 0.0244. The van der Waals surface area contributed by atoms with Crippen molar-refractivity contribution in [1.29, 1.82) is 0 Å². The Hall–Kier alpha value is -3.58. The van der Waals surface area contributed by atoms with Crippen LogP contribution >= 0.6 is 0 Å². The van der Waals surface area contributed by atoms with E-state index in [0.29, 0.717) is 5.57 Å². The van der Waals surface area contributed by atoms with Crippen LogP contribution in [0.5, 0.6) is 0 Å². The molecule has 1 fully saturated rings. The Labute approximate surface area is 220 Å². The predicted molar refractivity (Wildman–Crippen MR) is 135 cm³/mol. The Morgan fingerprint density at radius 3 is 2.66 bits per heavy atom. The number of aliphatic hydroxyl groups excluding tert-OH is 1. The second-order valence-corrected chi connectivity index (χ2v) is 11.4. The summed E-state index contributed by atoms with van der Waals surface area (Å²) in [7, 11) is -3.71. The molecule has 3 heterocycles. The smallest absolute Gasteiger partial charge is 0.330 e. The lowest BCUT2D eigenvalue weighted by Gasteiger charge is -2.25. The maximum atomic E-state index is 13.2. The normalized spacial score (nSPS) is 28.0. The zero-order chi connectivity index (χ0) is 27.9. The lowest BCUT2D eigenvalue weighted by Crippen LogP contribution is -2.48. The highest BCUT2D eigenvalue weighted by Crippen LogP contribution is 2.27. The highest BCUT2D eigenvalue weighted by atomic mass is 32.2. The van der Waals surface area contributed by atoms with Gasteiger partial charge in [0.25, 0.3) is 5.91 Å². The van der Waals surface area contributed by atoms with Gasteiger partial charge in [-0.3, -0.25) is 14.4 Å². The van der Waals surface area contributed by atoms with Crippen LogP contribution in [0.2, 0.25) is 0 Å². The molecule has 3 unspecified atom stereocenters. The van der Waals surface area contributed by atoms with Crippen LogP contribution < -0.4 is 5.32 Å². The number of fused-ring (bicyclic) bond motifs is 3. The molecule has 13 heteroatoms. The van der Waals surface area contributed by atoms with Gasteiger partial charge in [0.1, 0.15) is 18.1 Å². The molecule has 1 aromatic heterocycles. The Morgan fingerprint density at radius 1 is 1.16 bits per heavy atom. The number of oxazole rings is 1. The molecule has 206 valence electrons. The van der Waals surface area contributed by atoms with Crippen molar-refractivity contribution in [3.8, 4) is 0 Å². The van der Waals surface area contributed by atoms with Crippen LogP contribution in [0.3, 0.4) is 0 Å². The first-order valence-electron chi connectivity index (χ1n) is 12.1. The summed E-state index contributed by atoms with van der Waals surface area (Å²) in [5.41, 5.74) is 0.500. The van der Waals surface area contributed by atoms with Gasteiger partial charge in [0.2, 0.25) is 11.8 Å². The van der Waals surface area contributed by atoms with Gasteiger partial charge >= 0.3 is 5.97 Å². The maximum Gasteiger partial charge on any atom is 0.330 e. The molecule has 0 aromatic carbocycles. The van der Waals surface area contributed by atoms with Crippen LogP contribution in [-0.2, 0) is 35.4 Å². The summed E-state index contributed by atoms with van der Waals surface area (Å²) in [4.78, 5) is 55.5. The Morgan fingerprint density at radius 2 is 1.92 bits per heavy atom. The number of carbonyl (C=O) groups excluding carboxylic acids is 4. The van der Waals surface area contributed by atoms with Gasteiger partial charge in [-0.2, -0.15) is 0 Å². The number of nitrogens with zero attached hydrogens (tertiary/aromatic N) is 2. The van der Waals surface area contributed by atoms with Crippen molar-refractivity contribution in [2.45, 2.75) is 50.0 Å². The van der Waals surface area contributed by atoms with Gasteiger partial charge in [-0.25, -0.2) is 18.2 Å². The van der Waals surface area contributed by atoms with E-state index in [1.807, 2.05) is 0 Å². The van der Waals surface area contributed by atoms with Gasteiger partial charge < -0.3 is 24.5 Å². The number of aromatic nitrogens is 1. The topological polar surface area (TPSA) is 173 Å². The number of hydrogen-bond donors (Lipinski definition) is 2. The summed E-state index contributed by atoms with van der Waals surface area (Å²) >= 11 is 0. The summed E-state index contributed by atoms with van der Waals surface area (Å²) in [6, 6.07) is -1.38. The van der Waals surface area contributed by atoms with E-state index < -0.39 is 39.1 Å². The van der Waals surface area contributed by atoms with Crippen LogP contribution in [-0.4, -0.2) is 90.3 Å². The van der Waals surface area contributed by atoms with E-state index in [4.69, 9.17) is 9.15 Å². The van der Waals surface area contributed by atoms with E-state index in [1.54, 1.807) is 19.1 Å². The third kappa shape index (κ3) is 7.96. The third-order valence-corrected chi connectivity index (χ3v) is 7.57. The number of nitrogens with one attached hydrogen (secondary N) is 1. The monoisotopic (exact) mass is 549 g/mol. The number of amides is 2.